The molecule has 0 aliphatic carbocycles. The summed E-state index contributed by atoms with van der Waals surface area (Å²) in [5.74, 6) is -1.28. The Hall–Kier alpha value is -2.96. The molecule has 0 fully saturated rings. The maximum absolute atomic E-state index is 12.9. The zero-order chi connectivity index (χ0) is 25.2. The van der Waals surface area contributed by atoms with Crippen molar-refractivity contribution >= 4 is 30.6 Å². The Morgan fingerprint density at radius 1 is 0.882 bits per heavy atom. The van der Waals surface area contributed by atoms with Crippen LogP contribution in [0, 0.1) is 5.41 Å². The van der Waals surface area contributed by atoms with E-state index in [4.69, 9.17) is 13.9 Å². The molecule has 0 aliphatic heterocycles. The molecule has 182 valence electrons. The smallest absolute Gasteiger partial charge is 0.323 e. The van der Waals surface area contributed by atoms with Crippen molar-refractivity contribution in [1.82, 2.24) is 0 Å². The van der Waals surface area contributed by atoms with Crippen molar-refractivity contribution in [2.24, 2.45) is 5.41 Å². The zero-order valence-electron chi connectivity index (χ0n) is 20.9. The van der Waals surface area contributed by atoms with E-state index in [9.17, 15) is 9.59 Å². The van der Waals surface area contributed by atoms with E-state index in [0.29, 0.717) is 0 Å². The molecule has 0 heterocycles. The second-order valence-corrected chi connectivity index (χ2v) is 13.5. The van der Waals surface area contributed by atoms with Crippen molar-refractivity contribution in [1.29, 1.82) is 0 Å². The third kappa shape index (κ3) is 5.57. The standard InChI is InChI=1S/C28H36O5Si/c1-7-8-15-20-28(25(29)31-5,26(30)32-6)21-22-33-34(27(2,3)4,23-16-11-9-12-17-23)24-18-13-10-14-19-24/h7-19H,1,20-22H2,2-6H3/b15-8+. The van der Waals surface area contributed by atoms with E-state index in [-0.39, 0.29) is 24.5 Å². The summed E-state index contributed by atoms with van der Waals surface area (Å²) in [7, 11) is -0.260. The molecule has 5 nitrogen and oxygen atoms in total. The summed E-state index contributed by atoms with van der Waals surface area (Å²) in [6.45, 7) is 10.4. The van der Waals surface area contributed by atoms with E-state index < -0.39 is 25.7 Å². The van der Waals surface area contributed by atoms with Crippen LogP contribution in [0.4, 0.5) is 0 Å². The lowest BCUT2D eigenvalue weighted by molar-refractivity contribution is -0.170. The molecule has 2 aromatic rings. The van der Waals surface area contributed by atoms with Gasteiger partial charge in [0.15, 0.2) is 5.41 Å². The summed E-state index contributed by atoms with van der Waals surface area (Å²) in [6.07, 6.45) is 5.27. The molecule has 0 bridgehead atoms. The van der Waals surface area contributed by atoms with Gasteiger partial charge in [-0.15, -0.1) is 0 Å². The highest BCUT2D eigenvalue weighted by molar-refractivity contribution is 6.99. The number of methoxy groups -OCH3 is 2. The van der Waals surface area contributed by atoms with Gasteiger partial charge in [0.25, 0.3) is 8.32 Å². The maximum Gasteiger partial charge on any atom is 0.323 e. The Morgan fingerprint density at radius 2 is 1.35 bits per heavy atom. The Kier molecular flexibility index (Phi) is 9.59. The zero-order valence-corrected chi connectivity index (χ0v) is 21.9. The van der Waals surface area contributed by atoms with Crippen molar-refractivity contribution in [3.8, 4) is 0 Å². The first-order valence-corrected chi connectivity index (χ1v) is 13.3. The summed E-state index contributed by atoms with van der Waals surface area (Å²) < 4.78 is 17.0. The highest BCUT2D eigenvalue weighted by atomic mass is 28.4. The minimum Gasteiger partial charge on any atom is -0.468 e. The third-order valence-corrected chi connectivity index (χ3v) is 11.2. The van der Waals surface area contributed by atoms with Crippen LogP contribution in [0.3, 0.4) is 0 Å². The normalized spacial score (nSPS) is 12.4. The molecule has 0 aromatic heterocycles. The van der Waals surface area contributed by atoms with Gasteiger partial charge in [0.1, 0.15) is 0 Å². The lowest BCUT2D eigenvalue weighted by Gasteiger charge is -2.43. The van der Waals surface area contributed by atoms with Gasteiger partial charge in [-0.25, -0.2) is 0 Å². The number of carbonyl (C=O) groups is 2. The molecular weight excluding hydrogens is 444 g/mol. The number of allylic oxidation sites excluding steroid dienone is 3. The van der Waals surface area contributed by atoms with Gasteiger partial charge in [0, 0.05) is 6.61 Å². The van der Waals surface area contributed by atoms with E-state index >= 15 is 0 Å². The highest BCUT2D eigenvalue weighted by Gasteiger charge is 2.52. The fourth-order valence-electron chi connectivity index (χ4n) is 4.45. The van der Waals surface area contributed by atoms with E-state index in [1.165, 1.54) is 14.2 Å². The monoisotopic (exact) mass is 480 g/mol. The minimum absolute atomic E-state index is 0.123. The second kappa shape index (κ2) is 11.9. The maximum atomic E-state index is 12.9. The van der Waals surface area contributed by atoms with Gasteiger partial charge in [-0.3, -0.25) is 9.59 Å². The lowest BCUT2D eigenvalue weighted by atomic mass is 9.81. The predicted molar refractivity (Wildman–Crippen MR) is 139 cm³/mol. The molecule has 0 saturated carbocycles. The number of hydrogen-bond acceptors (Lipinski definition) is 5. The lowest BCUT2D eigenvalue weighted by Crippen LogP contribution is -2.66. The van der Waals surface area contributed by atoms with Gasteiger partial charge in [-0.05, 0) is 28.3 Å². The van der Waals surface area contributed by atoms with Crippen molar-refractivity contribution in [3.63, 3.8) is 0 Å². The minimum atomic E-state index is -2.82. The first-order chi connectivity index (χ1) is 16.2. The number of carbonyl (C=O) groups excluding carboxylic acids is 2. The van der Waals surface area contributed by atoms with Crippen LogP contribution in [-0.4, -0.2) is 41.1 Å². The number of benzene rings is 2. The molecule has 0 atom stereocenters. The topological polar surface area (TPSA) is 61.8 Å². The number of rotatable bonds is 11. The fourth-order valence-corrected chi connectivity index (χ4v) is 9.02. The van der Waals surface area contributed by atoms with E-state index in [0.717, 1.165) is 10.4 Å². The molecule has 0 unspecified atom stereocenters. The van der Waals surface area contributed by atoms with Crippen molar-refractivity contribution in [3.05, 3.63) is 85.5 Å². The average Bonchev–Trinajstić information content (AvgIpc) is 2.85. The van der Waals surface area contributed by atoms with Crippen LogP contribution in [0.25, 0.3) is 0 Å². The number of esters is 2. The summed E-state index contributed by atoms with van der Waals surface area (Å²) in [6, 6.07) is 20.5. The van der Waals surface area contributed by atoms with Crippen LogP contribution < -0.4 is 10.4 Å². The summed E-state index contributed by atoms with van der Waals surface area (Å²) in [4.78, 5) is 25.8. The van der Waals surface area contributed by atoms with Crippen molar-refractivity contribution in [2.45, 2.75) is 38.7 Å². The molecule has 2 aromatic carbocycles. The molecule has 0 saturated heterocycles. The van der Waals surface area contributed by atoms with E-state index in [1.807, 2.05) is 36.4 Å². The first kappa shape index (κ1) is 27.3. The molecule has 6 heteroatoms. The van der Waals surface area contributed by atoms with Crippen molar-refractivity contribution < 1.29 is 23.5 Å². The average molecular weight is 481 g/mol. The summed E-state index contributed by atoms with van der Waals surface area (Å²) in [5.41, 5.74) is -1.51. The van der Waals surface area contributed by atoms with Crippen LogP contribution in [-0.2, 0) is 23.5 Å². The largest absolute Gasteiger partial charge is 0.468 e. The SMILES string of the molecule is C=C/C=C/CC(CCO[Si](c1ccccc1)(c1ccccc1)C(C)(C)C)(C(=O)OC)C(=O)OC. The molecule has 0 spiro atoms. The molecule has 0 radical (unpaired) electrons. The summed E-state index contributed by atoms with van der Waals surface area (Å²) in [5, 5.41) is 2.03. The molecule has 2 rings (SSSR count). The molecule has 34 heavy (non-hydrogen) atoms. The van der Waals surface area contributed by atoms with E-state index in [2.05, 4.69) is 51.6 Å². The van der Waals surface area contributed by atoms with Gasteiger partial charge in [-0.2, -0.15) is 0 Å². The van der Waals surface area contributed by atoms with Crippen LogP contribution in [0.5, 0.6) is 0 Å². The molecule has 0 aliphatic rings. The van der Waals surface area contributed by atoms with Crippen molar-refractivity contribution in [2.75, 3.05) is 20.8 Å². The quantitative estimate of drug-likeness (QED) is 0.206. The second-order valence-electron chi connectivity index (χ2n) is 9.19. The highest BCUT2D eigenvalue weighted by Crippen LogP contribution is 2.38. The molecular formula is C28H36O5Si. The van der Waals surface area contributed by atoms with Gasteiger partial charge in [0.05, 0.1) is 14.2 Å². The van der Waals surface area contributed by atoms with E-state index in [1.54, 1.807) is 18.2 Å². The van der Waals surface area contributed by atoms with Gasteiger partial charge in [0.2, 0.25) is 0 Å². The summed E-state index contributed by atoms with van der Waals surface area (Å²) >= 11 is 0. The molecule has 0 amide bonds. The number of ether oxygens (including phenoxy) is 2. The van der Waals surface area contributed by atoms with Gasteiger partial charge < -0.3 is 13.9 Å². The van der Waals surface area contributed by atoms with Gasteiger partial charge in [-0.1, -0.05) is 106 Å². The Labute approximate surface area is 204 Å². The Balaban J connectivity index is 2.55. The van der Waals surface area contributed by atoms with Crippen LogP contribution >= 0.6 is 0 Å². The van der Waals surface area contributed by atoms with Crippen LogP contribution in [0.1, 0.15) is 33.6 Å². The molecule has 0 N–H and O–H groups in total. The Morgan fingerprint density at radius 3 is 1.74 bits per heavy atom. The van der Waals surface area contributed by atoms with Crippen LogP contribution in [0.15, 0.2) is 85.5 Å². The number of hydrogen-bond donors (Lipinski definition) is 0. The van der Waals surface area contributed by atoms with Crippen LogP contribution in [0.2, 0.25) is 5.04 Å². The first-order valence-electron chi connectivity index (χ1n) is 11.4. The Bertz CT molecular complexity index is 921. The van der Waals surface area contributed by atoms with Gasteiger partial charge >= 0.3 is 11.9 Å². The third-order valence-electron chi connectivity index (χ3n) is 6.15. The predicted octanol–water partition coefficient (Wildman–Crippen LogP) is 4.42. The fraction of sp³-hybridized carbons (Fsp3) is 0.357.